The molecule has 3 aromatic rings. The molecule has 5 amide bonds. The Bertz CT molecular complexity index is 1610. The van der Waals surface area contributed by atoms with Gasteiger partial charge in [0.1, 0.15) is 47.4 Å². The number of benzene rings is 2. The molecule has 3 heterocycles. The van der Waals surface area contributed by atoms with Crippen LogP contribution in [0.3, 0.4) is 0 Å². The highest BCUT2D eigenvalue weighted by Crippen LogP contribution is 2.35. The highest BCUT2D eigenvalue weighted by Gasteiger charge is 2.51. The van der Waals surface area contributed by atoms with Gasteiger partial charge in [-0.2, -0.15) is 5.10 Å². The fourth-order valence-corrected chi connectivity index (χ4v) is 5.06. The molecule has 1 spiro atoms. The number of amides is 5. The van der Waals surface area contributed by atoms with E-state index in [-0.39, 0.29) is 37.6 Å². The molecule has 6 rings (SSSR count). The standard InChI is InChI=1S/C32H35F2N7O6/c1-18-27(42)37-24(15-19-5-3-2-4-6-19)30(45)39-32(11-12-32)31(46)35-13-14-47-21-9-7-20(8-10-21)16-23(28(43)36-18)38-29(44)25-17-22(26(33)34)40-41-25/h2-10,17-18,23-24,26H,11-16H2,1H3,(H,35,46)(H,36,43)(H,37,42)(H,38,44)(H,39,45)(H,40,41)/t18-,23-,24+/m0/s1. The number of rotatable bonds is 5. The van der Waals surface area contributed by atoms with Crippen LogP contribution in [-0.4, -0.2) is 76.5 Å². The number of alkyl halides is 2. The average molecular weight is 652 g/mol. The van der Waals surface area contributed by atoms with Crippen molar-refractivity contribution in [3.8, 4) is 5.75 Å². The van der Waals surface area contributed by atoms with Crippen molar-refractivity contribution < 1.29 is 37.5 Å². The highest BCUT2D eigenvalue weighted by atomic mass is 19.3. The summed E-state index contributed by atoms with van der Waals surface area (Å²) < 4.78 is 31.8. The first-order valence-corrected chi connectivity index (χ1v) is 15.1. The van der Waals surface area contributed by atoms with Crippen LogP contribution in [0.4, 0.5) is 8.78 Å². The van der Waals surface area contributed by atoms with Crippen molar-refractivity contribution in [2.75, 3.05) is 13.2 Å². The van der Waals surface area contributed by atoms with Gasteiger partial charge in [0.05, 0.1) is 6.54 Å². The summed E-state index contributed by atoms with van der Waals surface area (Å²) in [6.07, 6.45) is -1.94. The summed E-state index contributed by atoms with van der Waals surface area (Å²) >= 11 is 0. The van der Waals surface area contributed by atoms with Crippen LogP contribution in [0.2, 0.25) is 0 Å². The number of carbonyl (C=O) groups is 5. The quantitative estimate of drug-likeness (QED) is 0.223. The molecule has 3 aliphatic rings. The zero-order valence-electron chi connectivity index (χ0n) is 25.5. The number of fused-ring (bicyclic) bond motifs is 15. The van der Waals surface area contributed by atoms with Crippen molar-refractivity contribution in [1.82, 2.24) is 36.8 Å². The minimum absolute atomic E-state index is 0.0322. The molecule has 15 heteroatoms. The zero-order chi connectivity index (χ0) is 33.6. The van der Waals surface area contributed by atoms with Gasteiger partial charge in [-0.1, -0.05) is 42.5 Å². The molecule has 3 atom stereocenters. The molecule has 1 saturated carbocycles. The van der Waals surface area contributed by atoms with Crippen LogP contribution in [0.25, 0.3) is 0 Å². The van der Waals surface area contributed by atoms with Crippen LogP contribution in [0.15, 0.2) is 60.7 Å². The average Bonchev–Trinajstić information content (AvgIpc) is 3.65. The van der Waals surface area contributed by atoms with Crippen molar-refractivity contribution in [3.05, 3.63) is 83.2 Å². The monoisotopic (exact) mass is 651 g/mol. The van der Waals surface area contributed by atoms with Crippen LogP contribution in [0.5, 0.6) is 5.75 Å². The summed E-state index contributed by atoms with van der Waals surface area (Å²) in [5, 5.41) is 19.1. The molecule has 6 N–H and O–H groups in total. The van der Waals surface area contributed by atoms with E-state index in [9.17, 15) is 32.8 Å². The molecule has 0 radical (unpaired) electrons. The Morgan fingerprint density at radius 1 is 1.00 bits per heavy atom. The van der Waals surface area contributed by atoms with Crippen molar-refractivity contribution in [2.45, 2.75) is 62.7 Å². The number of aromatic amines is 1. The Kier molecular flexibility index (Phi) is 10.1. The second-order valence-corrected chi connectivity index (χ2v) is 11.5. The second kappa shape index (κ2) is 14.4. The molecule has 1 fully saturated rings. The molecular formula is C32H35F2N7O6. The highest BCUT2D eigenvalue weighted by molar-refractivity contribution is 5.99. The van der Waals surface area contributed by atoms with E-state index in [4.69, 9.17) is 4.74 Å². The van der Waals surface area contributed by atoms with E-state index < -0.39 is 59.4 Å². The van der Waals surface area contributed by atoms with Gasteiger partial charge < -0.3 is 31.3 Å². The van der Waals surface area contributed by atoms with Gasteiger partial charge >= 0.3 is 0 Å². The van der Waals surface area contributed by atoms with E-state index >= 15 is 0 Å². The van der Waals surface area contributed by atoms with Gasteiger partial charge in [-0.3, -0.25) is 29.1 Å². The summed E-state index contributed by atoms with van der Waals surface area (Å²) in [7, 11) is 0. The maximum Gasteiger partial charge on any atom is 0.279 e. The zero-order valence-corrected chi connectivity index (χ0v) is 25.5. The molecule has 2 aromatic carbocycles. The first-order chi connectivity index (χ1) is 22.5. The van der Waals surface area contributed by atoms with E-state index in [2.05, 4.69) is 36.8 Å². The molecule has 13 nitrogen and oxygen atoms in total. The lowest BCUT2D eigenvalue weighted by molar-refractivity contribution is -0.134. The fourth-order valence-electron chi connectivity index (χ4n) is 5.06. The summed E-state index contributed by atoms with van der Waals surface area (Å²) in [6.45, 7) is 1.74. The number of hydrogen-bond acceptors (Lipinski definition) is 7. The second-order valence-electron chi connectivity index (χ2n) is 11.5. The largest absolute Gasteiger partial charge is 0.492 e. The topological polar surface area (TPSA) is 183 Å². The lowest BCUT2D eigenvalue weighted by atomic mass is 10.0. The van der Waals surface area contributed by atoms with Crippen LogP contribution in [0, 0.1) is 0 Å². The van der Waals surface area contributed by atoms with Gasteiger partial charge in [0.15, 0.2) is 0 Å². The van der Waals surface area contributed by atoms with E-state index in [0.717, 1.165) is 11.6 Å². The first kappa shape index (κ1) is 33.0. The van der Waals surface area contributed by atoms with Gasteiger partial charge in [0, 0.05) is 12.8 Å². The number of nitrogens with zero attached hydrogens (tertiary/aromatic N) is 1. The van der Waals surface area contributed by atoms with E-state index in [1.807, 2.05) is 6.07 Å². The van der Waals surface area contributed by atoms with Gasteiger partial charge in [-0.25, -0.2) is 8.78 Å². The number of hydrogen-bond donors (Lipinski definition) is 6. The van der Waals surface area contributed by atoms with E-state index in [1.165, 1.54) is 6.92 Å². The van der Waals surface area contributed by atoms with Crippen molar-refractivity contribution in [3.63, 3.8) is 0 Å². The van der Waals surface area contributed by atoms with Crippen molar-refractivity contribution in [1.29, 1.82) is 0 Å². The third-order valence-electron chi connectivity index (χ3n) is 7.92. The number of nitrogens with one attached hydrogen (secondary N) is 6. The van der Waals surface area contributed by atoms with Gasteiger partial charge in [0.25, 0.3) is 12.3 Å². The normalized spacial score (nSPS) is 22.0. The number of carbonyl (C=O) groups excluding carboxylic acids is 5. The summed E-state index contributed by atoms with van der Waals surface area (Å²) in [5.41, 5.74) is -0.632. The number of ether oxygens (including phenoxy) is 1. The molecule has 2 aliphatic heterocycles. The Labute approximate surface area is 268 Å². The van der Waals surface area contributed by atoms with Gasteiger partial charge in [0.2, 0.25) is 23.6 Å². The maximum absolute atomic E-state index is 13.5. The lowest BCUT2D eigenvalue weighted by Crippen LogP contribution is -2.59. The van der Waals surface area contributed by atoms with Crippen LogP contribution < -0.4 is 31.3 Å². The minimum Gasteiger partial charge on any atom is -0.492 e. The SMILES string of the molecule is C[C@@H]1NC(=O)[C@@H](NC(=O)c2cc(C(F)F)[nH]n2)Cc2ccc(cc2)OCCNC(=O)C2(CC2)NC(=O)[C@@H](Cc2ccccc2)NC1=O. The molecular weight excluding hydrogens is 616 g/mol. The molecule has 1 aliphatic carbocycles. The van der Waals surface area contributed by atoms with Crippen LogP contribution in [0.1, 0.15) is 53.5 Å². The molecule has 248 valence electrons. The summed E-state index contributed by atoms with van der Waals surface area (Å²) in [5.74, 6) is -2.72. The minimum atomic E-state index is -2.88. The van der Waals surface area contributed by atoms with E-state index in [1.54, 1.807) is 48.5 Å². The van der Waals surface area contributed by atoms with Crippen LogP contribution >= 0.6 is 0 Å². The van der Waals surface area contributed by atoms with Gasteiger partial charge in [-0.15, -0.1) is 0 Å². The Hall–Kier alpha value is -5.34. The first-order valence-electron chi connectivity index (χ1n) is 15.1. The summed E-state index contributed by atoms with van der Waals surface area (Å²) in [6, 6.07) is 13.1. The molecule has 47 heavy (non-hydrogen) atoms. The summed E-state index contributed by atoms with van der Waals surface area (Å²) in [4.78, 5) is 66.3. The Balaban J connectivity index is 1.38. The predicted octanol–water partition coefficient (Wildman–Crippen LogP) is 1.08. The van der Waals surface area contributed by atoms with Crippen molar-refractivity contribution in [2.24, 2.45) is 0 Å². The maximum atomic E-state index is 13.5. The van der Waals surface area contributed by atoms with Crippen molar-refractivity contribution >= 4 is 29.5 Å². The molecule has 0 saturated heterocycles. The smallest absolute Gasteiger partial charge is 0.279 e. The molecule has 1 aromatic heterocycles. The molecule has 2 bridgehead atoms. The third kappa shape index (κ3) is 8.48. The predicted molar refractivity (Wildman–Crippen MR) is 163 cm³/mol. The van der Waals surface area contributed by atoms with E-state index in [0.29, 0.717) is 24.2 Å². The number of aromatic nitrogens is 2. The number of H-pyrrole nitrogens is 1. The lowest BCUT2D eigenvalue weighted by Gasteiger charge is -2.25. The number of halogens is 2. The van der Waals surface area contributed by atoms with Gasteiger partial charge in [-0.05, 0) is 49.1 Å². The Morgan fingerprint density at radius 2 is 1.72 bits per heavy atom. The van der Waals surface area contributed by atoms with Crippen LogP contribution in [-0.2, 0) is 32.0 Å². The Morgan fingerprint density at radius 3 is 2.38 bits per heavy atom. The third-order valence-corrected chi connectivity index (χ3v) is 7.92. The molecule has 0 unspecified atom stereocenters. The fraction of sp³-hybridized carbons (Fsp3) is 0.375.